The Morgan fingerprint density at radius 2 is 2.33 bits per heavy atom. The van der Waals surface area contributed by atoms with Crippen molar-refractivity contribution in [3.8, 4) is 0 Å². The summed E-state index contributed by atoms with van der Waals surface area (Å²) >= 11 is 0. The molecule has 0 aliphatic heterocycles. The molecule has 0 fully saturated rings. The van der Waals surface area contributed by atoms with Crippen molar-refractivity contribution in [3.05, 3.63) is 6.33 Å². The summed E-state index contributed by atoms with van der Waals surface area (Å²) in [5, 5.41) is 12.1. The topological polar surface area (TPSA) is 54.5 Å². The van der Waals surface area contributed by atoms with E-state index in [1.54, 1.807) is 0 Å². The number of nitrogens with one attached hydrogen (secondary N) is 1. The number of tetrazole rings is 1. The monoisotopic (exact) mass is 125 g/mol. The maximum Gasteiger partial charge on any atom is 0.135 e. The molecule has 0 aliphatic carbocycles. The standard InChI is InChI=1S/CH2N4.Mn/c1-2-4-5-3-1;/h1H,(H,2,3,4,5);. The van der Waals surface area contributed by atoms with Crippen LogP contribution in [-0.4, -0.2) is 20.6 Å². The van der Waals surface area contributed by atoms with Crippen molar-refractivity contribution in [2.45, 2.75) is 0 Å². The molecule has 0 aromatic carbocycles. The van der Waals surface area contributed by atoms with Crippen molar-refractivity contribution >= 4 is 0 Å². The van der Waals surface area contributed by atoms with E-state index in [0.29, 0.717) is 0 Å². The Kier molecular flexibility index (Phi) is 2.62. The minimum Gasteiger partial charge on any atom is -0.246 e. The molecule has 1 N–H and O–H groups in total. The smallest absolute Gasteiger partial charge is 0.135 e. The van der Waals surface area contributed by atoms with E-state index in [4.69, 9.17) is 0 Å². The Bertz CT molecular complexity index is 64.0. The molecule has 0 unspecified atom stereocenters. The minimum atomic E-state index is 0. The maximum absolute atomic E-state index is 3.31. The summed E-state index contributed by atoms with van der Waals surface area (Å²) in [5.74, 6) is 0. The molecule has 0 saturated carbocycles. The van der Waals surface area contributed by atoms with Gasteiger partial charge in [0.15, 0.2) is 0 Å². The van der Waals surface area contributed by atoms with Gasteiger partial charge in [-0.05, 0) is 10.4 Å². The quantitative estimate of drug-likeness (QED) is 0.461. The molecule has 1 heterocycles. The van der Waals surface area contributed by atoms with E-state index in [1.165, 1.54) is 6.33 Å². The van der Waals surface area contributed by atoms with E-state index in [-0.39, 0.29) is 17.1 Å². The number of hydrogen-bond acceptors (Lipinski definition) is 3. The summed E-state index contributed by atoms with van der Waals surface area (Å²) in [6.07, 6.45) is 1.40. The summed E-state index contributed by atoms with van der Waals surface area (Å²) in [4.78, 5) is 0. The van der Waals surface area contributed by atoms with Crippen LogP contribution in [0.4, 0.5) is 0 Å². The molecule has 0 bridgehead atoms. The van der Waals surface area contributed by atoms with Crippen molar-refractivity contribution in [2.24, 2.45) is 0 Å². The second-order valence-corrected chi connectivity index (χ2v) is 0.563. The number of aromatic amines is 1. The zero-order chi connectivity index (χ0) is 3.54. The number of H-pyrrole nitrogens is 1. The Labute approximate surface area is 44.8 Å². The van der Waals surface area contributed by atoms with Crippen LogP contribution in [0.2, 0.25) is 0 Å². The molecule has 0 saturated heterocycles. The largest absolute Gasteiger partial charge is 0.246 e. The van der Waals surface area contributed by atoms with Gasteiger partial charge in [0.05, 0.1) is 0 Å². The molecule has 0 aliphatic rings. The predicted molar refractivity (Wildman–Crippen MR) is 14.2 cm³/mol. The van der Waals surface area contributed by atoms with Crippen LogP contribution in [0.25, 0.3) is 0 Å². The van der Waals surface area contributed by atoms with Gasteiger partial charge in [-0.3, -0.25) is 0 Å². The van der Waals surface area contributed by atoms with E-state index >= 15 is 0 Å². The van der Waals surface area contributed by atoms with Crippen LogP contribution in [0.3, 0.4) is 0 Å². The second kappa shape index (κ2) is 2.81. The molecule has 1 radical (unpaired) electrons. The first-order chi connectivity index (χ1) is 2.50. The molecule has 0 spiro atoms. The van der Waals surface area contributed by atoms with Gasteiger partial charge in [-0.1, -0.05) is 0 Å². The molecule has 33 valence electrons. The summed E-state index contributed by atoms with van der Waals surface area (Å²) in [6, 6.07) is 0. The summed E-state index contributed by atoms with van der Waals surface area (Å²) in [6.45, 7) is 0. The van der Waals surface area contributed by atoms with Crippen LogP contribution < -0.4 is 0 Å². The molecule has 0 atom stereocenters. The zero-order valence-electron chi connectivity index (χ0n) is 2.80. The average Bonchev–Trinajstić information content (AvgIpc) is 1.76. The fourth-order valence-electron chi connectivity index (χ4n) is 0.129. The number of hydrogen-bond donors (Lipinski definition) is 1. The first-order valence-electron chi connectivity index (χ1n) is 1.17. The molecule has 1 aromatic rings. The van der Waals surface area contributed by atoms with E-state index in [2.05, 4.69) is 20.6 Å². The SMILES string of the molecule is [Mn].c1nnn[nH]1. The van der Waals surface area contributed by atoms with Crippen molar-refractivity contribution < 1.29 is 17.1 Å². The van der Waals surface area contributed by atoms with Gasteiger partial charge in [-0.15, -0.1) is 5.10 Å². The molecular weight excluding hydrogens is 123 g/mol. The van der Waals surface area contributed by atoms with Crippen LogP contribution in [0, 0.1) is 0 Å². The van der Waals surface area contributed by atoms with Gasteiger partial charge >= 0.3 is 0 Å². The van der Waals surface area contributed by atoms with Crippen LogP contribution in [0.5, 0.6) is 0 Å². The number of nitrogens with zero attached hydrogens (tertiary/aromatic N) is 3. The minimum absolute atomic E-state index is 0. The van der Waals surface area contributed by atoms with E-state index in [1.807, 2.05) is 0 Å². The van der Waals surface area contributed by atoms with Crippen LogP contribution in [-0.2, 0) is 17.1 Å². The fraction of sp³-hybridized carbons (Fsp3) is 0. The first-order valence-corrected chi connectivity index (χ1v) is 1.17. The van der Waals surface area contributed by atoms with Crippen molar-refractivity contribution in [1.82, 2.24) is 20.6 Å². The predicted octanol–water partition coefficient (Wildman–Crippen LogP) is -0.803. The van der Waals surface area contributed by atoms with Crippen molar-refractivity contribution in [3.63, 3.8) is 0 Å². The Balaban J connectivity index is 0.000000250. The molecular formula is CH2MnN4. The molecule has 0 amide bonds. The van der Waals surface area contributed by atoms with Gasteiger partial charge in [0, 0.05) is 17.1 Å². The third-order valence-corrected chi connectivity index (χ3v) is 0.270. The van der Waals surface area contributed by atoms with Crippen LogP contribution >= 0.6 is 0 Å². The molecule has 1 aromatic heterocycles. The van der Waals surface area contributed by atoms with Crippen molar-refractivity contribution in [2.75, 3.05) is 0 Å². The number of aromatic nitrogens is 4. The number of rotatable bonds is 0. The maximum atomic E-state index is 3.31. The molecule has 5 heteroatoms. The zero-order valence-corrected chi connectivity index (χ0v) is 3.98. The Hall–Kier alpha value is -0.411. The van der Waals surface area contributed by atoms with Gasteiger partial charge in [0.2, 0.25) is 0 Å². The van der Waals surface area contributed by atoms with E-state index in [0.717, 1.165) is 0 Å². The van der Waals surface area contributed by atoms with Crippen LogP contribution in [0.15, 0.2) is 6.33 Å². The van der Waals surface area contributed by atoms with E-state index in [9.17, 15) is 0 Å². The molecule has 6 heavy (non-hydrogen) atoms. The molecule has 1 rings (SSSR count). The second-order valence-electron chi connectivity index (χ2n) is 0.563. The van der Waals surface area contributed by atoms with Crippen molar-refractivity contribution in [1.29, 1.82) is 0 Å². The summed E-state index contributed by atoms with van der Waals surface area (Å²) < 4.78 is 0. The Morgan fingerprint density at radius 1 is 1.50 bits per heavy atom. The molecule has 4 nitrogen and oxygen atoms in total. The van der Waals surface area contributed by atoms with E-state index < -0.39 is 0 Å². The van der Waals surface area contributed by atoms with Gasteiger partial charge < -0.3 is 0 Å². The average molecular weight is 125 g/mol. The van der Waals surface area contributed by atoms with Gasteiger partial charge in [-0.25, -0.2) is 5.10 Å². The third kappa shape index (κ3) is 1.14. The van der Waals surface area contributed by atoms with Gasteiger partial charge in [0.1, 0.15) is 6.33 Å². The Morgan fingerprint density at radius 3 is 2.50 bits per heavy atom. The summed E-state index contributed by atoms with van der Waals surface area (Å²) in [5.41, 5.74) is 0. The van der Waals surface area contributed by atoms with Crippen LogP contribution in [0.1, 0.15) is 0 Å². The fourth-order valence-corrected chi connectivity index (χ4v) is 0.129. The normalized spacial score (nSPS) is 6.67. The van der Waals surface area contributed by atoms with Gasteiger partial charge in [0.25, 0.3) is 0 Å². The first kappa shape index (κ1) is 5.59. The third-order valence-electron chi connectivity index (χ3n) is 0.270. The van der Waals surface area contributed by atoms with Gasteiger partial charge in [-0.2, -0.15) is 0 Å². The summed E-state index contributed by atoms with van der Waals surface area (Å²) in [7, 11) is 0.